The number of benzene rings is 2. The van der Waals surface area contributed by atoms with E-state index >= 15 is 0 Å². The predicted octanol–water partition coefficient (Wildman–Crippen LogP) is 5.34. The van der Waals surface area contributed by atoms with Crippen molar-refractivity contribution in [3.8, 4) is 11.1 Å². The van der Waals surface area contributed by atoms with Crippen molar-refractivity contribution in [3.63, 3.8) is 0 Å². The average Bonchev–Trinajstić information content (AvgIpc) is 3.30. The number of hydrogen-bond acceptors (Lipinski definition) is 6. The third kappa shape index (κ3) is 5.04. The molecule has 0 atom stereocenters. The fraction of sp³-hybridized carbons (Fsp3) is 0.345. The Bertz CT molecular complexity index is 1280. The molecule has 0 bridgehead atoms. The maximum absolute atomic E-state index is 12.8. The van der Waals surface area contributed by atoms with Crippen LogP contribution in [0, 0.1) is 6.92 Å². The van der Waals surface area contributed by atoms with Crippen LogP contribution in [0.15, 0.2) is 66.1 Å². The SMILES string of the molecule is Cc1ccc(C=C(CNC(=O)OCC2c3ccccc3-c3ccccc32)B2OC(C)(C)C(C)(C)O2)nn1. The summed E-state index contributed by atoms with van der Waals surface area (Å²) in [5.41, 5.74) is 5.91. The lowest BCUT2D eigenvalue weighted by Crippen LogP contribution is -2.41. The lowest BCUT2D eigenvalue weighted by atomic mass is 9.77. The molecular formula is C29H32BN3O4. The number of aromatic nitrogens is 2. The highest BCUT2D eigenvalue weighted by molar-refractivity contribution is 6.56. The van der Waals surface area contributed by atoms with E-state index in [-0.39, 0.29) is 19.1 Å². The second-order valence-electron chi connectivity index (χ2n) is 10.6. The summed E-state index contributed by atoms with van der Waals surface area (Å²) in [5.74, 6) is -0.000840. The largest absolute Gasteiger partial charge is 0.492 e. The Morgan fingerprint density at radius 1 is 0.946 bits per heavy atom. The molecule has 1 amide bonds. The van der Waals surface area contributed by atoms with E-state index in [0.29, 0.717) is 5.69 Å². The molecule has 1 aliphatic carbocycles. The normalized spacial score (nSPS) is 17.9. The van der Waals surface area contributed by atoms with Crippen LogP contribution >= 0.6 is 0 Å². The minimum absolute atomic E-state index is 0.000840. The molecule has 0 radical (unpaired) electrons. The molecular weight excluding hydrogens is 465 g/mol. The summed E-state index contributed by atoms with van der Waals surface area (Å²) in [6.45, 7) is 10.3. The minimum Gasteiger partial charge on any atom is -0.449 e. The molecule has 1 saturated heterocycles. The van der Waals surface area contributed by atoms with Gasteiger partial charge in [-0.3, -0.25) is 0 Å². The molecule has 2 aliphatic rings. The zero-order valence-electron chi connectivity index (χ0n) is 21.9. The first kappa shape index (κ1) is 25.2. The molecule has 3 aromatic rings. The van der Waals surface area contributed by atoms with Gasteiger partial charge in [0.25, 0.3) is 0 Å². The Labute approximate surface area is 218 Å². The molecule has 37 heavy (non-hydrogen) atoms. The van der Waals surface area contributed by atoms with E-state index in [2.05, 4.69) is 39.8 Å². The van der Waals surface area contributed by atoms with Gasteiger partial charge < -0.3 is 19.4 Å². The molecule has 0 saturated carbocycles. The van der Waals surface area contributed by atoms with Crippen LogP contribution in [0.1, 0.15) is 56.1 Å². The van der Waals surface area contributed by atoms with Gasteiger partial charge in [0.05, 0.1) is 22.6 Å². The summed E-state index contributed by atoms with van der Waals surface area (Å²) >= 11 is 0. The van der Waals surface area contributed by atoms with Crippen molar-refractivity contribution in [2.45, 2.75) is 51.7 Å². The van der Waals surface area contributed by atoms with E-state index in [1.807, 2.05) is 77.1 Å². The number of fused-ring (bicyclic) bond motifs is 3. The van der Waals surface area contributed by atoms with Crippen LogP contribution in [0.4, 0.5) is 4.79 Å². The van der Waals surface area contributed by atoms with E-state index in [9.17, 15) is 4.79 Å². The lowest BCUT2D eigenvalue weighted by Gasteiger charge is -2.32. The molecule has 1 fully saturated rings. The molecule has 2 aromatic carbocycles. The molecule has 0 spiro atoms. The molecule has 1 aliphatic heterocycles. The lowest BCUT2D eigenvalue weighted by molar-refractivity contribution is 0.00578. The Morgan fingerprint density at radius 2 is 1.54 bits per heavy atom. The summed E-state index contributed by atoms with van der Waals surface area (Å²) in [6.07, 6.45) is 1.34. The zero-order chi connectivity index (χ0) is 26.2. The molecule has 2 heterocycles. The highest BCUT2D eigenvalue weighted by Gasteiger charge is 2.52. The maximum atomic E-state index is 12.8. The van der Waals surface area contributed by atoms with Gasteiger partial charge in [-0.05, 0) is 80.6 Å². The molecule has 1 aromatic heterocycles. The van der Waals surface area contributed by atoms with E-state index in [0.717, 1.165) is 11.2 Å². The van der Waals surface area contributed by atoms with Crippen LogP contribution in [0.3, 0.4) is 0 Å². The van der Waals surface area contributed by atoms with Gasteiger partial charge in [-0.15, -0.1) is 0 Å². The van der Waals surface area contributed by atoms with Gasteiger partial charge in [-0.2, -0.15) is 10.2 Å². The van der Waals surface area contributed by atoms with Gasteiger partial charge in [0, 0.05) is 12.5 Å². The molecule has 5 rings (SSSR count). The number of nitrogens with zero attached hydrogens (tertiary/aromatic N) is 2. The van der Waals surface area contributed by atoms with Crippen molar-refractivity contribution >= 4 is 19.3 Å². The number of alkyl carbamates (subject to hydrolysis) is 1. The molecule has 8 heteroatoms. The van der Waals surface area contributed by atoms with E-state index in [4.69, 9.17) is 14.0 Å². The summed E-state index contributed by atoms with van der Waals surface area (Å²) in [6, 6.07) is 20.3. The fourth-order valence-electron chi connectivity index (χ4n) is 4.70. The van der Waals surface area contributed by atoms with Gasteiger partial charge in [-0.25, -0.2) is 4.79 Å². The van der Waals surface area contributed by atoms with Crippen LogP contribution < -0.4 is 5.32 Å². The van der Waals surface area contributed by atoms with E-state index in [1.165, 1.54) is 22.3 Å². The van der Waals surface area contributed by atoms with Crippen molar-refractivity contribution in [1.82, 2.24) is 15.5 Å². The summed E-state index contributed by atoms with van der Waals surface area (Å²) in [4.78, 5) is 12.8. The van der Waals surface area contributed by atoms with Crippen molar-refractivity contribution in [3.05, 3.63) is 88.7 Å². The minimum atomic E-state index is -0.637. The molecule has 190 valence electrons. The maximum Gasteiger partial charge on any atom is 0.492 e. The van der Waals surface area contributed by atoms with E-state index in [1.54, 1.807) is 0 Å². The third-order valence-corrected chi connectivity index (χ3v) is 7.49. The Balaban J connectivity index is 1.29. The predicted molar refractivity (Wildman–Crippen MR) is 144 cm³/mol. The monoisotopic (exact) mass is 497 g/mol. The van der Waals surface area contributed by atoms with Gasteiger partial charge >= 0.3 is 13.2 Å². The first-order valence-corrected chi connectivity index (χ1v) is 12.6. The van der Waals surface area contributed by atoms with Crippen molar-refractivity contribution < 1.29 is 18.8 Å². The average molecular weight is 497 g/mol. The standard InChI is InChI=1S/C29H32BN3O4/c1-19-14-15-21(33-32-19)16-20(30-36-28(2,3)29(4,5)37-30)17-31-27(34)35-18-26-24-12-8-6-10-22(24)23-11-7-9-13-25(23)26/h6-16,26H,17-18H2,1-5H3,(H,31,34). The second kappa shape index (κ2) is 9.76. The Kier molecular flexibility index (Phi) is 6.64. The fourth-order valence-corrected chi connectivity index (χ4v) is 4.70. The molecule has 7 nitrogen and oxygen atoms in total. The smallest absolute Gasteiger partial charge is 0.449 e. The van der Waals surface area contributed by atoms with Crippen molar-refractivity contribution in [1.29, 1.82) is 0 Å². The van der Waals surface area contributed by atoms with Gasteiger partial charge in [0.1, 0.15) is 6.61 Å². The third-order valence-electron chi connectivity index (χ3n) is 7.49. The van der Waals surface area contributed by atoms with Crippen molar-refractivity contribution in [2.75, 3.05) is 13.2 Å². The number of hydrogen-bond donors (Lipinski definition) is 1. The van der Waals surface area contributed by atoms with Gasteiger partial charge in [0.2, 0.25) is 0 Å². The summed E-state index contributed by atoms with van der Waals surface area (Å²) in [5, 5.41) is 11.3. The number of ether oxygens (including phenoxy) is 1. The quantitative estimate of drug-likeness (QED) is 0.463. The number of carbonyl (C=O) groups excluding carboxylic acids is 1. The number of aryl methyl sites for hydroxylation is 1. The topological polar surface area (TPSA) is 82.6 Å². The van der Waals surface area contributed by atoms with Crippen molar-refractivity contribution in [2.24, 2.45) is 0 Å². The number of amides is 1. The second-order valence-corrected chi connectivity index (χ2v) is 10.6. The van der Waals surface area contributed by atoms with Crippen LogP contribution in [-0.4, -0.2) is 47.8 Å². The first-order chi connectivity index (χ1) is 17.6. The molecule has 0 unspecified atom stereocenters. The number of rotatable bonds is 6. The summed E-state index contributed by atoms with van der Waals surface area (Å²) < 4.78 is 18.2. The van der Waals surface area contributed by atoms with Crippen LogP contribution in [-0.2, 0) is 14.0 Å². The summed E-state index contributed by atoms with van der Waals surface area (Å²) in [7, 11) is -0.637. The number of carbonyl (C=O) groups is 1. The van der Waals surface area contributed by atoms with Crippen LogP contribution in [0.5, 0.6) is 0 Å². The highest BCUT2D eigenvalue weighted by atomic mass is 16.7. The van der Waals surface area contributed by atoms with Gasteiger partial charge in [-0.1, -0.05) is 48.5 Å². The van der Waals surface area contributed by atoms with Gasteiger partial charge in [0.15, 0.2) is 0 Å². The number of nitrogens with one attached hydrogen (secondary N) is 1. The van der Waals surface area contributed by atoms with Crippen LogP contribution in [0.2, 0.25) is 0 Å². The highest BCUT2D eigenvalue weighted by Crippen LogP contribution is 2.44. The Morgan fingerprint density at radius 3 is 2.11 bits per heavy atom. The van der Waals surface area contributed by atoms with Crippen LogP contribution in [0.25, 0.3) is 17.2 Å². The Hall–Kier alpha value is -3.49. The molecule has 1 N–H and O–H groups in total. The van der Waals surface area contributed by atoms with E-state index < -0.39 is 24.4 Å². The zero-order valence-corrected chi connectivity index (χ0v) is 21.9. The first-order valence-electron chi connectivity index (χ1n) is 12.6.